The van der Waals surface area contributed by atoms with Crippen molar-refractivity contribution in [2.75, 3.05) is 4.90 Å². The first-order valence-electron chi connectivity index (χ1n) is 18.0. The van der Waals surface area contributed by atoms with Crippen LogP contribution in [0, 0.1) is 0 Å². The van der Waals surface area contributed by atoms with Crippen molar-refractivity contribution in [2.45, 2.75) is 6.54 Å². The molecule has 248 valence electrons. The Labute approximate surface area is 303 Å². The Kier molecular flexibility index (Phi) is 5.80. The maximum Gasteiger partial charge on any atom is 0.135 e. The molecule has 12 rings (SSSR count). The van der Waals surface area contributed by atoms with Gasteiger partial charge in [-0.05, 0) is 112 Å². The van der Waals surface area contributed by atoms with Crippen LogP contribution in [0.4, 0.5) is 11.4 Å². The maximum atomic E-state index is 6.21. The Morgan fingerprint density at radius 3 is 1.36 bits per heavy atom. The summed E-state index contributed by atoms with van der Waals surface area (Å²) in [5.74, 6) is 0. The van der Waals surface area contributed by atoms with Crippen molar-refractivity contribution in [3.8, 4) is 33.4 Å². The van der Waals surface area contributed by atoms with Crippen LogP contribution in [0.1, 0.15) is 5.56 Å². The Bertz CT molecular complexity index is 3290. The molecule has 8 aromatic carbocycles. The lowest BCUT2D eigenvalue weighted by Gasteiger charge is -2.34. The highest BCUT2D eigenvalue weighted by Crippen LogP contribution is 2.47. The van der Waals surface area contributed by atoms with Crippen molar-refractivity contribution in [1.82, 2.24) is 0 Å². The molecule has 0 saturated carbocycles. The molecule has 0 spiro atoms. The molecule has 0 unspecified atom stereocenters. The van der Waals surface area contributed by atoms with Crippen LogP contribution < -0.4 is 4.90 Å². The zero-order valence-corrected chi connectivity index (χ0v) is 28.5. The van der Waals surface area contributed by atoms with E-state index in [1.54, 1.807) is 0 Å². The lowest BCUT2D eigenvalue weighted by Crippen LogP contribution is -2.21. The number of hydrogen-bond acceptors (Lipinski definition) is 4. The van der Waals surface area contributed by atoms with Gasteiger partial charge in [0.2, 0.25) is 0 Å². The molecular weight excluding hydrogens is 651 g/mol. The molecule has 0 bridgehead atoms. The van der Waals surface area contributed by atoms with Crippen LogP contribution in [0.2, 0.25) is 0 Å². The zero-order valence-electron chi connectivity index (χ0n) is 28.5. The molecule has 0 N–H and O–H groups in total. The first-order valence-corrected chi connectivity index (χ1v) is 18.0. The Morgan fingerprint density at radius 1 is 0.340 bits per heavy atom. The summed E-state index contributed by atoms with van der Waals surface area (Å²) < 4.78 is 18.5. The number of fused-ring (bicyclic) bond motifs is 12. The number of furan rings is 3. The zero-order chi connectivity index (χ0) is 34.6. The number of benzene rings is 8. The van der Waals surface area contributed by atoms with Crippen molar-refractivity contribution in [3.05, 3.63) is 169 Å². The Morgan fingerprint density at radius 2 is 0.774 bits per heavy atom. The van der Waals surface area contributed by atoms with E-state index < -0.39 is 0 Å². The Hall–Kier alpha value is -7.04. The first kappa shape index (κ1) is 28.6. The molecule has 0 atom stereocenters. The van der Waals surface area contributed by atoms with Gasteiger partial charge in [0, 0.05) is 55.8 Å². The van der Waals surface area contributed by atoms with Gasteiger partial charge in [0.1, 0.15) is 33.5 Å². The standard InChI is InChI=1S/C49H29NO3/c1-4-10-44-35(7-1)40-25-31(16-20-47(40)51-44)29-13-14-33-28-50(34-18-22-49-42(27-34)37-9-3-6-12-46(37)53-49)43-19-15-30(24-39(43)38(33)23-29)32-17-21-48-41(26-32)36-8-2-5-11-45(36)52-48/h1-27H,28H2. The van der Waals surface area contributed by atoms with E-state index in [4.69, 9.17) is 13.3 Å². The van der Waals surface area contributed by atoms with E-state index >= 15 is 0 Å². The van der Waals surface area contributed by atoms with E-state index in [9.17, 15) is 0 Å². The minimum Gasteiger partial charge on any atom is -0.456 e. The van der Waals surface area contributed by atoms with Crippen LogP contribution in [0.25, 0.3) is 99.2 Å². The topological polar surface area (TPSA) is 42.7 Å². The van der Waals surface area contributed by atoms with Crippen molar-refractivity contribution >= 4 is 77.2 Å². The van der Waals surface area contributed by atoms with E-state index in [1.807, 2.05) is 36.4 Å². The minimum absolute atomic E-state index is 0.752. The maximum absolute atomic E-state index is 6.21. The molecule has 4 nitrogen and oxygen atoms in total. The SMILES string of the molecule is c1ccc2c(c1)oc1ccc(-c3ccc4c(c3)-c3cc(-c5ccc6oc7ccccc7c6c5)ccc3N(c3ccc5oc6ccccc6c5c3)C4)cc12. The summed E-state index contributed by atoms with van der Waals surface area (Å²) in [6, 6.07) is 58.3. The third-order valence-electron chi connectivity index (χ3n) is 11.1. The second-order valence-electron chi connectivity index (χ2n) is 14.1. The highest BCUT2D eigenvalue weighted by Gasteiger charge is 2.25. The number of para-hydroxylation sites is 3. The van der Waals surface area contributed by atoms with E-state index in [2.05, 4.69) is 132 Å². The van der Waals surface area contributed by atoms with Crippen LogP contribution in [0.3, 0.4) is 0 Å². The van der Waals surface area contributed by atoms with Gasteiger partial charge in [-0.15, -0.1) is 0 Å². The summed E-state index contributed by atoms with van der Waals surface area (Å²) >= 11 is 0. The van der Waals surface area contributed by atoms with Crippen LogP contribution in [0.15, 0.2) is 177 Å². The smallest absolute Gasteiger partial charge is 0.135 e. The van der Waals surface area contributed by atoms with Gasteiger partial charge in [-0.2, -0.15) is 0 Å². The predicted octanol–water partition coefficient (Wildman–Crippen LogP) is 14.0. The largest absolute Gasteiger partial charge is 0.456 e. The van der Waals surface area contributed by atoms with Gasteiger partial charge < -0.3 is 18.2 Å². The molecule has 53 heavy (non-hydrogen) atoms. The molecule has 0 saturated heterocycles. The molecule has 0 fully saturated rings. The molecule has 4 heteroatoms. The van der Waals surface area contributed by atoms with Gasteiger partial charge in [0.05, 0.1) is 0 Å². The number of hydrogen-bond donors (Lipinski definition) is 0. The van der Waals surface area contributed by atoms with E-state index in [0.29, 0.717) is 0 Å². The van der Waals surface area contributed by atoms with Crippen LogP contribution in [-0.4, -0.2) is 0 Å². The van der Waals surface area contributed by atoms with E-state index in [-0.39, 0.29) is 0 Å². The number of nitrogens with zero attached hydrogens (tertiary/aromatic N) is 1. The van der Waals surface area contributed by atoms with Gasteiger partial charge >= 0.3 is 0 Å². The summed E-state index contributed by atoms with van der Waals surface area (Å²) in [6.45, 7) is 0.752. The molecule has 4 heterocycles. The second-order valence-corrected chi connectivity index (χ2v) is 14.1. The fourth-order valence-corrected chi connectivity index (χ4v) is 8.49. The summed E-state index contributed by atoms with van der Waals surface area (Å²) in [6.07, 6.45) is 0. The van der Waals surface area contributed by atoms with Gasteiger partial charge in [0.15, 0.2) is 0 Å². The highest BCUT2D eigenvalue weighted by atomic mass is 16.3. The summed E-state index contributed by atoms with van der Waals surface area (Å²) in [4.78, 5) is 2.44. The van der Waals surface area contributed by atoms with Crippen LogP contribution in [0.5, 0.6) is 0 Å². The summed E-state index contributed by atoms with van der Waals surface area (Å²) in [5.41, 5.74) is 16.1. The highest BCUT2D eigenvalue weighted by molar-refractivity contribution is 6.09. The molecule has 11 aromatic rings. The molecule has 0 radical (unpaired) electrons. The molecule has 0 aliphatic carbocycles. The molecule has 1 aliphatic heterocycles. The summed E-state index contributed by atoms with van der Waals surface area (Å²) in [7, 11) is 0. The third kappa shape index (κ3) is 4.30. The van der Waals surface area contributed by atoms with Crippen molar-refractivity contribution in [3.63, 3.8) is 0 Å². The first-order chi connectivity index (χ1) is 26.2. The quantitative estimate of drug-likeness (QED) is 0.186. The van der Waals surface area contributed by atoms with Crippen LogP contribution in [-0.2, 0) is 6.54 Å². The lowest BCUT2D eigenvalue weighted by molar-refractivity contribution is 0.668. The third-order valence-corrected chi connectivity index (χ3v) is 11.1. The van der Waals surface area contributed by atoms with Gasteiger partial charge in [-0.25, -0.2) is 0 Å². The second kappa shape index (κ2) is 10.7. The normalized spacial score (nSPS) is 12.8. The molecule has 0 amide bonds. The Balaban J connectivity index is 1.04. The molecular formula is C49H29NO3. The molecule has 1 aliphatic rings. The van der Waals surface area contributed by atoms with Crippen molar-refractivity contribution < 1.29 is 13.3 Å². The average Bonchev–Trinajstić information content (AvgIpc) is 3.90. The fourth-order valence-electron chi connectivity index (χ4n) is 8.49. The summed E-state index contributed by atoms with van der Waals surface area (Å²) in [5, 5.41) is 6.79. The van der Waals surface area contributed by atoms with Crippen molar-refractivity contribution in [2.24, 2.45) is 0 Å². The molecule has 3 aromatic heterocycles. The van der Waals surface area contributed by atoms with E-state index in [1.165, 1.54) is 33.5 Å². The predicted molar refractivity (Wildman–Crippen MR) is 217 cm³/mol. The average molecular weight is 680 g/mol. The van der Waals surface area contributed by atoms with Gasteiger partial charge in [-0.3, -0.25) is 0 Å². The van der Waals surface area contributed by atoms with Crippen molar-refractivity contribution in [1.29, 1.82) is 0 Å². The van der Waals surface area contributed by atoms with Crippen LogP contribution >= 0.6 is 0 Å². The fraction of sp³-hybridized carbons (Fsp3) is 0.0204. The van der Waals surface area contributed by atoms with Gasteiger partial charge in [-0.1, -0.05) is 84.9 Å². The van der Waals surface area contributed by atoms with E-state index in [0.717, 1.165) is 89.2 Å². The number of anilines is 2. The van der Waals surface area contributed by atoms with Gasteiger partial charge in [0.25, 0.3) is 0 Å². The monoisotopic (exact) mass is 679 g/mol. The minimum atomic E-state index is 0.752. The lowest BCUT2D eigenvalue weighted by atomic mass is 9.88. The number of rotatable bonds is 3.